The Morgan fingerprint density at radius 2 is 1.78 bits per heavy atom. The minimum Gasteiger partial charge on any atom is -0.377 e. The van der Waals surface area contributed by atoms with E-state index < -0.39 is 17.9 Å². The number of fused-ring (bicyclic) bond motifs is 1. The van der Waals surface area contributed by atoms with Crippen molar-refractivity contribution in [2.24, 2.45) is 17.6 Å². The standard InChI is InChI=1S/C25H30F3N3O/c1-13(2)7-21(25(29)32)30-12-14-8-16(9-14)22-19-10-18(27)11-20(28)24(19)31-23(22)15-3-5-17(26)6-4-15/h3-6,10-11,13-14,16,21,25,30-32H,7-9,12,29H2,1-2H3. The first-order valence-corrected chi connectivity index (χ1v) is 11.2. The first kappa shape index (κ1) is 22.8. The summed E-state index contributed by atoms with van der Waals surface area (Å²) >= 11 is 0. The van der Waals surface area contributed by atoms with Gasteiger partial charge in [0.05, 0.1) is 11.2 Å². The van der Waals surface area contributed by atoms with Gasteiger partial charge in [-0.05, 0) is 85.0 Å². The average Bonchev–Trinajstić information content (AvgIpc) is 3.05. The molecule has 0 radical (unpaired) electrons. The van der Waals surface area contributed by atoms with Crippen LogP contribution in [-0.2, 0) is 0 Å². The van der Waals surface area contributed by atoms with Crippen LogP contribution in [0.5, 0.6) is 0 Å². The van der Waals surface area contributed by atoms with Gasteiger partial charge in [-0.3, -0.25) is 0 Å². The SMILES string of the molecule is CC(C)CC(NCC1CC(c2c(-c3ccc(F)cc3)[nH]c3c(F)cc(F)cc23)C1)C(N)O. The Bertz CT molecular complexity index is 1070. The highest BCUT2D eigenvalue weighted by atomic mass is 19.1. The van der Waals surface area contributed by atoms with E-state index in [1.54, 1.807) is 12.1 Å². The second-order valence-electron chi connectivity index (χ2n) is 9.40. The largest absolute Gasteiger partial charge is 0.377 e. The number of aromatic amines is 1. The summed E-state index contributed by atoms with van der Waals surface area (Å²) < 4.78 is 42.0. The molecule has 4 rings (SSSR count). The molecular formula is C25H30F3N3O. The maximum Gasteiger partial charge on any atom is 0.150 e. The normalized spacial score (nSPS) is 20.5. The van der Waals surface area contributed by atoms with Crippen molar-refractivity contribution in [1.29, 1.82) is 0 Å². The fraction of sp³-hybridized carbons (Fsp3) is 0.440. The highest BCUT2D eigenvalue weighted by Gasteiger charge is 2.35. The van der Waals surface area contributed by atoms with Crippen LogP contribution in [-0.4, -0.2) is 28.9 Å². The molecule has 7 heteroatoms. The number of aliphatic hydroxyl groups is 1. The lowest BCUT2D eigenvalue weighted by molar-refractivity contribution is 0.113. The molecule has 4 nitrogen and oxygen atoms in total. The van der Waals surface area contributed by atoms with Crippen molar-refractivity contribution in [2.45, 2.75) is 51.3 Å². The molecule has 32 heavy (non-hydrogen) atoms. The summed E-state index contributed by atoms with van der Waals surface area (Å²) in [6, 6.07) is 8.09. The van der Waals surface area contributed by atoms with Crippen molar-refractivity contribution in [3.8, 4) is 11.3 Å². The summed E-state index contributed by atoms with van der Waals surface area (Å²) in [6.45, 7) is 4.89. The van der Waals surface area contributed by atoms with Gasteiger partial charge in [-0.1, -0.05) is 13.8 Å². The number of nitrogens with two attached hydrogens (primary N) is 1. The van der Waals surface area contributed by atoms with Gasteiger partial charge in [0.1, 0.15) is 23.7 Å². The van der Waals surface area contributed by atoms with Crippen LogP contribution in [0.3, 0.4) is 0 Å². The van der Waals surface area contributed by atoms with Gasteiger partial charge in [-0.15, -0.1) is 0 Å². The van der Waals surface area contributed by atoms with Crippen molar-refractivity contribution < 1.29 is 18.3 Å². The van der Waals surface area contributed by atoms with E-state index in [9.17, 15) is 18.3 Å². The molecule has 1 aromatic heterocycles. The maximum absolute atomic E-state index is 14.5. The lowest BCUT2D eigenvalue weighted by Crippen LogP contribution is -2.48. The molecule has 0 spiro atoms. The Hall–Kier alpha value is -2.35. The predicted molar refractivity (Wildman–Crippen MR) is 121 cm³/mol. The highest BCUT2D eigenvalue weighted by Crippen LogP contribution is 2.48. The zero-order chi connectivity index (χ0) is 23.0. The molecule has 1 fully saturated rings. The van der Waals surface area contributed by atoms with Crippen LogP contribution in [0.25, 0.3) is 22.2 Å². The summed E-state index contributed by atoms with van der Waals surface area (Å²) in [5, 5.41) is 13.7. The van der Waals surface area contributed by atoms with Crippen molar-refractivity contribution in [2.75, 3.05) is 6.54 Å². The van der Waals surface area contributed by atoms with Crippen LogP contribution in [0, 0.1) is 29.3 Å². The molecular weight excluding hydrogens is 415 g/mol. The molecule has 0 bridgehead atoms. The van der Waals surface area contributed by atoms with Crippen molar-refractivity contribution >= 4 is 10.9 Å². The molecule has 2 aromatic carbocycles. The molecule has 3 aromatic rings. The Morgan fingerprint density at radius 1 is 1.09 bits per heavy atom. The molecule has 172 valence electrons. The molecule has 1 aliphatic rings. The van der Waals surface area contributed by atoms with Crippen LogP contribution in [0.15, 0.2) is 36.4 Å². The highest BCUT2D eigenvalue weighted by molar-refractivity contribution is 5.92. The molecule has 2 atom stereocenters. The van der Waals surface area contributed by atoms with Gasteiger partial charge in [0.2, 0.25) is 0 Å². The van der Waals surface area contributed by atoms with E-state index in [4.69, 9.17) is 5.73 Å². The minimum atomic E-state index is -0.919. The first-order chi connectivity index (χ1) is 15.2. The van der Waals surface area contributed by atoms with Crippen LogP contribution in [0.1, 0.15) is 44.6 Å². The van der Waals surface area contributed by atoms with E-state index in [0.717, 1.165) is 43.0 Å². The maximum atomic E-state index is 14.5. The van der Waals surface area contributed by atoms with Crippen LogP contribution < -0.4 is 11.1 Å². The lowest BCUT2D eigenvalue weighted by atomic mass is 9.70. The van der Waals surface area contributed by atoms with Gasteiger partial charge in [-0.25, -0.2) is 13.2 Å². The third-order valence-corrected chi connectivity index (χ3v) is 6.45. The van der Waals surface area contributed by atoms with Crippen LogP contribution >= 0.6 is 0 Å². The summed E-state index contributed by atoms with van der Waals surface area (Å²) in [4.78, 5) is 3.12. The quantitative estimate of drug-likeness (QED) is 0.368. The Balaban J connectivity index is 1.57. The molecule has 1 saturated carbocycles. The lowest BCUT2D eigenvalue weighted by Gasteiger charge is -2.37. The summed E-state index contributed by atoms with van der Waals surface area (Å²) in [7, 11) is 0. The summed E-state index contributed by atoms with van der Waals surface area (Å²) in [5.41, 5.74) is 8.30. The Morgan fingerprint density at radius 3 is 2.41 bits per heavy atom. The molecule has 2 unspecified atom stereocenters. The third-order valence-electron chi connectivity index (χ3n) is 6.45. The van der Waals surface area contributed by atoms with Gasteiger partial charge in [0, 0.05) is 17.5 Å². The van der Waals surface area contributed by atoms with E-state index in [0.29, 0.717) is 22.9 Å². The zero-order valence-corrected chi connectivity index (χ0v) is 18.3. The second kappa shape index (κ2) is 9.25. The van der Waals surface area contributed by atoms with E-state index >= 15 is 0 Å². The number of aliphatic hydroxyl groups excluding tert-OH is 1. The number of benzene rings is 2. The van der Waals surface area contributed by atoms with E-state index in [1.807, 2.05) is 0 Å². The van der Waals surface area contributed by atoms with Crippen molar-refractivity contribution in [3.63, 3.8) is 0 Å². The Labute approximate surface area is 186 Å². The van der Waals surface area contributed by atoms with Gasteiger partial charge in [0.25, 0.3) is 0 Å². The number of aromatic nitrogens is 1. The molecule has 1 heterocycles. The van der Waals surface area contributed by atoms with Crippen molar-refractivity contribution in [3.05, 3.63) is 59.4 Å². The molecule has 0 saturated heterocycles. The Kier molecular flexibility index (Phi) is 6.60. The molecule has 5 N–H and O–H groups in total. The number of nitrogens with one attached hydrogen (secondary N) is 2. The molecule has 0 aliphatic heterocycles. The topological polar surface area (TPSA) is 74.1 Å². The number of halogens is 3. The number of rotatable bonds is 8. The predicted octanol–water partition coefficient (Wildman–Crippen LogP) is 5.03. The van der Waals surface area contributed by atoms with Crippen molar-refractivity contribution in [1.82, 2.24) is 10.3 Å². The minimum absolute atomic E-state index is 0.128. The zero-order valence-electron chi connectivity index (χ0n) is 18.3. The van der Waals surface area contributed by atoms with Gasteiger partial charge >= 0.3 is 0 Å². The fourth-order valence-electron chi connectivity index (χ4n) is 4.82. The van der Waals surface area contributed by atoms with Gasteiger partial charge < -0.3 is 21.1 Å². The third kappa shape index (κ3) is 4.70. The number of hydrogen-bond donors (Lipinski definition) is 4. The summed E-state index contributed by atoms with van der Waals surface area (Å²) in [5.74, 6) is -0.695. The average molecular weight is 446 g/mol. The number of hydrogen-bond acceptors (Lipinski definition) is 3. The van der Waals surface area contributed by atoms with Gasteiger partial charge in [0.15, 0.2) is 0 Å². The smallest absolute Gasteiger partial charge is 0.150 e. The van der Waals surface area contributed by atoms with E-state index in [1.165, 1.54) is 18.2 Å². The van der Waals surface area contributed by atoms with Gasteiger partial charge in [-0.2, -0.15) is 0 Å². The summed E-state index contributed by atoms with van der Waals surface area (Å²) in [6.07, 6.45) is 1.56. The second-order valence-corrected chi connectivity index (χ2v) is 9.40. The van der Waals surface area contributed by atoms with E-state index in [2.05, 4.69) is 24.1 Å². The molecule has 0 amide bonds. The van der Waals surface area contributed by atoms with Crippen LogP contribution in [0.2, 0.25) is 0 Å². The van der Waals surface area contributed by atoms with Crippen LogP contribution in [0.4, 0.5) is 13.2 Å². The number of H-pyrrole nitrogens is 1. The fourth-order valence-corrected chi connectivity index (χ4v) is 4.82. The monoisotopic (exact) mass is 445 g/mol. The molecule has 1 aliphatic carbocycles. The van der Waals surface area contributed by atoms with E-state index in [-0.39, 0.29) is 23.3 Å². The first-order valence-electron chi connectivity index (χ1n) is 11.2.